The molecule has 0 aromatic heterocycles. The Bertz CT molecular complexity index is 1910. The van der Waals surface area contributed by atoms with Gasteiger partial charge in [0.2, 0.25) is 17.6 Å². The van der Waals surface area contributed by atoms with E-state index in [2.05, 4.69) is 16.0 Å². The Hall–Kier alpha value is -4.35. The second kappa shape index (κ2) is 12.7. The quantitative estimate of drug-likeness (QED) is 0.166. The minimum Gasteiger partial charge on any atom is -0.508 e. The number of benzene rings is 3. The molecule has 0 radical (unpaired) electrons. The van der Waals surface area contributed by atoms with Crippen LogP contribution in [0, 0.1) is 0 Å². The van der Waals surface area contributed by atoms with E-state index >= 15 is 0 Å². The highest BCUT2D eigenvalue weighted by atomic mass is 16.7. The molecule has 5 aliphatic rings. The van der Waals surface area contributed by atoms with E-state index in [1.807, 2.05) is 19.2 Å². The number of nitrogens with one attached hydrogen (secondary N) is 3. The van der Waals surface area contributed by atoms with Crippen LogP contribution in [0.25, 0.3) is 11.1 Å². The molecule has 4 heterocycles. The van der Waals surface area contributed by atoms with Crippen molar-refractivity contribution in [1.29, 1.82) is 0 Å². The number of aliphatic hydroxyl groups is 3. The number of phenolic OH excluding ortho intramolecular Hbond substituents is 1. The zero-order chi connectivity index (χ0) is 36.7. The molecule has 8 N–H and O–H groups in total. The summed E-state index contributed by atoms with van der Waals surface area (Å²) in [6.07, 6.45) is -4.25. The molecule has 52 heavy (non-hydrogen) atoms. The van der Waals surface area contributed by atoms with Crippen LogP contribution in [0.15, 0.2) is 42.5 Å². The Balaban J connectivity index is 1.28. The minimum atomic E-state index is -2.48. The van der Waals surface area contributed by atoms with Gasteiger partial charge in [-0.05, 0) is 74.3 Å². The van der Waals surface area contributed by atoms with Gasteiger partial charge < -0.3 is 64.6 Å². The summed E-state index contributed by atoms with van der Waals surface area (Å²) in [4.78, 5) is 12.7. The first-order chi connectivity index (χ1) is 25.0. The number of methoxy groups -OCH3 is 2. The molecular formula is C37H43N3O12. The summed E-state index contributed by atoms with van der Waals surface area (Å²) in [6.45, 7) is -0.131. The van der Waals surface area contributed by atoms with Crippen molar-refractivity contribution in [3.63, 3.8) is 0 Å². The maximum absolute atomic E-state index is 12.7. The lowest BCUT2D eigenvalue weighted by Gasteiger charge is -2.58. The van der Waals surface area contributed by atoms with E-state index < -0.39 is 47.9 Å². The first kappa shape index (κ1) is 34.7. The summed E-state index contributed by atoms with van der Waals surface area (Å²) < 4.78 is 37.6. The summed E-state index contributed by atoms with van der Waals surface area (Å²) in [7, 11) is 6.59. The summed E-state index contributed by atoms with van der Waals surface area (Å²) in [5.74, 6) is 0.334. The highest BCUT2D eigenvalue weighted by Crippen LogP contribution is 2.63. The van der Waals surface area contributed by atoms with Crippen molar-refractivity contribution >= 4 is 5.97 Å². The minimum absolute atomic E-state index is 0.0157. The third kappa shape index (κ3) is 4.87. The van der Waals surface area contributed by atoms with Gasteiger partial charge in [0.25, 0.3) is 0 Å². The molecular weight excluding hydrogens is 678 g/mol. The number of carbonyl (C=O) groups is 1. The SMILES string of the molecule is CN[C@H]1CN[C@]2(O)[C@@H](O)[C@@H](Oc3cc4c(c(-c5cccc(O)c5)c3)[C@@H]3Oc5c(OC)c(OC)cc6c5[C@H]3[C@@H](CCC[C@H]6NC)O4)O[C@]1(C(=O)O)[C@H]2O. The number of rotatable bonds is 8. The lowest BCUT2D eigenvalue weighted by Crippen LogP contribution is -2.87. The molecule has 2 bridgehead atoms. The number of hydrogen-bond donors (Lipinski definition) is 8. The van der Waals surface area contributed by atoms with Crippen molar-refractivity contribution in [2.24, 2.45) is 0 Å². The third-order valence-corrected chi connectivity index (χ3v) is 11.4. The normalized spacial score (nSPS) is 34.1. The average molecular weight is 722 g/mol. The van der Waals surface area contributed by atoms with Gasteiger partial charge in [-0.2, -0.15) is 0 Å². The van der Waals surface area contributed by atoms with Crippen molar-refractivity contribution in [3.05, 3.63) is 59.2 Å². The van der Waals surface area contributed by atoms with Crippen molar-refractivity contribution < 1.29 is 58.7 Å². The topological polar surface area (TPSA) is 210 Å². The summed E-state index contributed by atoms with van der Waals surface area (Å²) in [5.41, 5.74) is -0.999. The van der Waals surface area contributed by atoms with Crippen molar-refractivity contribution in [2.75, 3.05) is 34.9 Å². The largest absolute Gasteiger partial charge is 0.508 e. The van der Waals surface area contributed by atoms with Crippen LogP contribution in [0.4, 0.5) is 0 Å². The molecule has 3 aromatic rings. The van der Waals surface area contributed by atoms with Crippen molar-refractivity contribution in [2.45, 2.75) is 79.3 Å². The van der Waals surface area contributed by atoms with E-state index in [1.165, 1.54) is 7.05 Å². The predicted molar refractivity (Wildman–Crippen MR) is 183 cm³/mol. The van der Waals surface area contributed by atoms with Gasteiger partial charge in [0, 0.05) is 29.8 Å². The molecule has 15 nitrogen and oxygen atoms in total. The fourth-order valence-corrected chi connectivity index (χ4v) is 8.90. The first-order valence-electron chi connectivity index (χ1n) is 17.4. The maximum atomic E-state index is 12.7. The summed E-state index contributed by atoms with van der Waals surface area (Å²) in [5, 5.41) is 63.8. The Morgan fingerprint density at radius 1 is 1.02 bits per heavy atom. The Kier molecular flexibility index (Phi) is 8.45. The molecule has 0 saturated carbocycles. The van der Waals surface area contributed by atoms with Gasteiger partial charge >= 0.3 is 5.97 Å². The van der Waals surface area contributed by atoms with Crippen LogP contribution < -0.4 is 39.6 Å². The molecule has 1 aliphatic carbocycles. The molecule has 4 aliphatic heterocycles. The Labute approximate surface area is 299 Å². The van der Waals surface area contributed by atoms with Crippen LogP contribution in [0.3, 0.4) is 0 Å². The van der Waals surface area contributed by atoms with Gasteiger partial charge in [-0.1, -0.05) is 12.1 Å². The van der Waals surface area contributed by atoms with E-state index in [1.54, 1.807) is 44.6 Å². The Morgan fingerprint density at radius 3 is 2.52 bits per heavy atom. The highest BCUT2D eigenvalue weighted by molar-refractivity contribution is 5.81. The number of ether oxygens (including phenoxy) is 6. The molecule has 3 aromatic carbocycles. The number of carboxylic acids is 1. The number of hydrogen-bond acceptors (Lipinski definition) is 14. The second-order valence-corrected chi connectivity index (χ2v) is 14.0. The van der Waals surface area contributed by atoms with Crippen LogP contribution in [-0.2, 0) is 9.53 Å². The standard InChI is InChI=1S/C37H43N3O12/c1-38-21-9-6-10-22-28-27-20(21)14-24(47-3)29(48-4)31(27)51-30(28)26-19(16-7-5-8-17(41)11-16)12-18(13-23(26)50-22)49-33-32(42)37(46)34(43)36(52-33,35(44)45)25(39-2)15-40-37/h5,7-8,11-14,21-22,25,28,30,32-34,38-43,46H,6,9-10,15H2,1-4H3,(H,44,45)/t21-,22-,25+,28-,30+,32+,33+,34-,36+,37+/m1/s1. The smallest absolute Gasteiger partial charge is 0.340 e. The van der Waals surface area contributed by atoms with E-state index in [-0.39, 0.29) is 36.1 Å². The number of aliphatic hydroxyl groups excluding tert-OH is 2. The van der Waals surface area contributed by atoms with E-state index in [0.29, 0.717) is 46.1 Å². The molecule has 2 saturated heterocycles. The van der Waals surface area contributed by atoms with Gasteiger partial charge in [-0.25, -0.2) is 4.79 Å². The van der Waals surface area contributed by atoms with Crippen LogP contribution in [0.5, 0.6) is 34.5 Å². The van der Waals surface area contributed by atoms with Gasteiger partial charge in [0.1, 0.15) is 35.6 Å². The second-order valence-electron chi connectivity index (χ2n) is 14.0. The molecule has 278 valence electrons. The Morgan fingerprint density at radius 2 is 1.83 bits per heavy atom. The van der Waals surface area contributed by atoms with Crippen LogP contribution in [-0.4, -0.2) is 108 Å². The van der Waals surface area contributed by atoms with E-state index in [4.69, 9.17) is 28.4 Å². The average Bonchev–Trinajstić information content (AvgIpc) is 3.53. The highest BCUT2D eigenvalue weighted by Gasteiger charge is 2.71. The molecule has 15 heteroatoms. The monoisotopic (exact) mass is 721 g/mol. The van der Waals surface area contributed by atoms with E-state index in [9.17, 15) is 30.3 Å². The molecule has 8 rings (SSSR count). The molecule has 0 unspecified atom stereocenters. The number of phenols is 1. The zero-order valence-corrected chi connectivity index (χ0v) is 29.1. The number of aliphatic carboxylic acids is 1. The van der Waals surface area contributed by atoms with Gasteiger partial charge in [-0.3, -0.25) is 5.32 Å². The molecule has 0 spiro atoms. The number of likely N-dealkylation sites (N-methyl/N-ethyl adjacent to an activating group) is 1. The maximum Gasteiger partial charge on any atom is 0.340 e. The molecule has 10 atom stereocenters. The predicted octanol–water partition coefficient (Wildman–Crippen LogP) is 1.66. The number of piperidine rings is 1. The van der Waals surface area contributed by atoms with Crippen molar-refractivity contribution in [3.8, 4) is 45.6 Å². The number of aromatic hydroxyl groups is 1. The van der Waals surface area contributed by atoms with Gasteiger partial charge in [0.15, 0.2) is 23.3 Å². The van der Waals surface area contributed by atoms with Gasteiger partial charge in [0.05, 0.1) is 26.2 Å². The third-order valence-electron chi connectivity index (χ3n) is 11.4. The fourth-order valence-electron chi connectivity index (χ4n) is 8.90. The van der Waals surface area contributed by atoms with E-state index in [0.717, 1.165) is 24.0 Å². The van der Waals surface area contributed by atoms with Gasteiger partial charge in [-0.15, -0.1) is 0 Å². The first-order valence-corrected chi connectivity index (χ1v) is 17.4. The summed E-state index contributed by atoms with van der Waals surface area (Å²) in [6, 6.07) is 11.0. The molecule has 0 amide bonds. The van der Waals surface area contributed by atoms with Crippen LogP contribution in [0.2, 0.25) is 0 Å². The van der Waals surface area contributed by atoms with Crippen LogP contribution in [0.1, 0.15) is 54.0 Å². The van der Waals surface area contributed by atoms with Crippen molar-refractivity contribution in [1.82, 2.24) is 16.0 Å². The fraction of sp³-hybridized carbons (Fsp3) is 0.486. The lowest BCUT2D eigenvalue weighted by atomic mass is 9.74. The zero-order valence-electron chi connectivity index (χ0n) is 29.1. The number of carboxylic acid groups (broad SMARTS) is 1. The molecule has 2 fully saturated rings. The van der Waals surface area contributed by atoms with Crippen LogP contribution >= 0.6 is 0 Å². The summed E-state index contributed by atoms with van der Waals surface area (Å²) >= 11 is 0. The number of fused-ring (bicyclic) bond motifs is 4. The lowest BCUT2D eigenvalue weighted by molar-refractivity contribution is -0.362.